The van der Waals surface area contributed by atoms with Gasteiger partial charge in [0.2, 0.25) is 0 Å². The Labute approximate surface area is 105 Å². The summed E-state index contributed by atoms with van der Waals surface area (Å²) in [5.74, 6) is 2.04. The van der Waals surface area contributed by atoms with Crippen LogP contribution in [0.15, 0.2) is 36.5 Å². The van der Waals surface area contributed by atoms with Crippen molar-refractivity contribution in [1.29, 1.82) is 0 Å². The fourth-order valence-corrected chi connectivity index (χ4v) is 1.44. The first kappa shape index (κ1) is 11.7. The van der Waals surface area contributed by atoms with Crippen LogP contribution in [0.3, 0.4) is 0 Å². The van der Waals surface area contributed by atoms with Gasteiger partial charge in [-0.3, -0.25) is 4.79 Å². The number of carbonyl (C=O) groups is 1. The van der Waals surface area contributed by atoms with Crippen LogP contribution in [-0.2, 0) is 0 Å². The minimum absolute atomic E-state index is 0.188. The van der Waals surface area contributed by atoms with Gasteiger partial charge in [0.25, 0.3) is 5.91 Å². The molecule has 5 heteroatoms. The van der Waals surface area contributed by atoms with E-state index in [1.54, 1.807) is 29.1 Å². The maximum absolute atomic E-state index is 11.6. The SMILES string of the molecule is C#CCNC(=O)c1ccn(-c2ccc(N)cc2)n1. The molecule has 18 heavy (non-hydrogen) atoms. The highest BCUT2D eigenvalue weighted by Gasteiger charge is 2.08. The molecule has 1 amide bonds. The minimum atomic E-state index is -0.290. The van der Waals surface area contributed by atoms with E-state index in [2.05, 4.69) is 16.3 Å². The molecule has 2 rings (SSSR count). The molecule has 0 atom stereocenters. The summed E-state index contributed by atoms with van der Waals surface area (Å²) in [6.45, 7) is 0.188. The van der Waals surface area contributed by atoms with Crippen LogP contribution in [0.1, 0.15) is 10.5 Å². The van der Waals surface area contributed by atoms with Crippen LogP contribution < -0.4 is 11.1 Å². The summed E-state index contributed by atoms with van der Waals surface area (Å²) in [4.78, 5) is 11.6. The third-order valence-electron chi connectivity index (χ3n) is 2.33. The Balaban J connectivity index is 2.18. The molecule has 3 N–H and O–H groups in total. The number of benzene rings is 1. The third kappa shape index (κ3) is 2.50. The summed E-state index contributed by atoms with van der Waals surface area (Å²) in [6, 6.07) is 8.82. The first-order valence-electron chi connectivity index (χ1n) is 5.34. The highest BCUT2D eigenvalue weighted by Crippen LogP contribution is 2.10. The second-order valence-corrected chi connectivity index (χ2v) is 3.62. The van der Waals surface area contributed by atoms with Crippen LogP contribution in [-0.4, -0.2) is 22.2 Å². The van der Waals surface area contributed by atoms with Gasteiger partial charge in [-0.05, 0) is 30.3 Å². The van der Waals surface area contributed by atoms with E-state index in [0.29, 0.717) is 11.4 Å². The smallest absolute Gasteiger partial charge is 0.272 e. The topological polar surface area (TPSA) is 72.9 Å². The van der Waals surface area contributed by atoms with Gasteiger partial charge in [0.05, 0.1) is 12.2 Å². The molecule has 90 valence electrons. The molecule has 0 radical (unpaired) electrons. The van der Waals surface area contributed by atoms with Gasteiger partial charge in [-0.2, -0.15) is 5.10 Å². The Kier molecular flexibility index (Phi) is 3.30. The lowest BCUT2D eigenvalue weighted by molar-refractivity contribution is 0.0953. The lowest BCUT2D eigenvalue weighted by Crippen LogP contribution is -2.24. The number of anilines is 1. The molecule has 0 fully saturated rings. The molecule has 0 aliphatic carbocycles. The Morgan fingerprint density at radius 3 is 2.78 bits per heavy atom. The molecule has 0 bridgehead atoms. The van der Waals surface area contributed by atoms with Crippen molar-refractivity contribution in [2.24, 2.45) is 0 Å². The van der Waals surface area contributed by atoms with E-state index in [-0.39, 0.29) is 12.5 Å². The predicted molar refractivity (Wildman–Crippen MR) is 69.1 cm³/mol. The van der Waals surface area contributed by atoms with Crippen LogP contribution in [0, 0.1) is 12.3 Å². The summed E-state index contributed by atoms with van der Waals surface area (Å²) < 4.78 is 1.60. The minimum Gasteiger partial charge on any atom is -0.399 e. The van der Waals surface area contributed by atoms with Crippen molar-refractivity contribution in [3.8, 4) is 18.0 Å². The molecule has 2 aromatic rings. The standard InChI is InChI=1S/C13H12N4O/c1-2-8-15-13(18)12-7-9-17(16-12)11-5-3-10(14)4-6-11/h1,3-7,9H,8,14H2,(H,15,18). The molecule has 0 unspecified atom stereocenters. The van der Waals surface area contributed by atoms with Gasteiger partial charge in [-0.25, -0.2) is 4.68 Å². The van der Waals surface area contributed by atoms with Crippen LogP contribution >= 0.6 is 0 Å². The van der Waals surface area contributed by atoms with E-state index in [4.69, 9.17) is 12.2 Å². The van der Waals surface area contributed by atoms with Crippen molar-refractivity contribution < 1.29 is 4.79 Å². The average molecular weight is 240 g/mol. The summed E-state index contributed by atoms with van der Waals surface area (Å²) in [5, 5.41) is 6.71. The zero-order valence-electron chi connectivity index (χ0n) is 9.63. The zero-order chi connectivity index (χ0) is 13.0. The van der Waals surface area contributed by atoms with Crippen molar-refractivity contribution in [3.05, 3.63) is 42.2 Å². The number of nitrogens with one attached hydrogen (secondary N) is 1. The number of hydrogen-bond acceptors (Lipinski definition) is 3. The quantitative estimate of drug-likeness (QED) is 0.616. The monoisotopic (exact) mass is 240 g/mol. The predicted octanol–water partition coefficient (Wildman–Crippen LogP) is 0.818. The largest absolute Gasteiger partial charge is 0.399 e. The fourth-order valence-electron chi connectivity index (χ4n) is 1.44. The van der Waals surface area contributed by atoms with E-state index >= 15 is 0 Å². The Morgan fingerprint density at radius 2 is 2.11 bits per heavy atom. The number of terminal acetylenes is 1. The highest BCUT2D eigenvalue weighted by atomic mass is 16.1. The van der Waals surface area contributed by atoms with Gasteiger partial charge < -0.3 is 11.1 Å². The van der Waals surface area contributed by atoms with Gasteiger partial charge >= 0.3 is 0 Å². The van der Waals surface area contributed by atoms with Crippen LogP contribution in [0.2, 0.25) is 0 Å². The zero-order valence-corrected chi connectivity index (χ0v) is 9.63. The number of amides is 1. The van der Waals surface area contributed by atoms with Crippen molar-refractivity contribution >= 4 is 11.6 Å². The molecule has 1 heterocycles. The number of nitrogens with zero attached hydrogens (tertiary/aromatic N) is 2. The highest BCUT2D eigenvalue weighted by molar-refractivity contribution is 5.92. The van der Waals surface area contributed by atoms with Crippen LogP contribution in [0.25, 0.3) is 5.69 Å². The Morgan fingerprint density at radius 1 is 1.39 bits per heavy atom. The molecule has 0 aliphatic heterocycles. The number of rotatable bonds is 3. The molecular weight excluding hydrogens is 228 g/mol. The van der Waals surface area contributed by atoms with Gasteiger partial charge in [0.1, 0.15) is 0 Å². The Bertz CT molecular complexity index is 592. The summed E-state index contributed by atoms with van der Waals surface area (Å²) >= 11 is 0. The second-order valence-electron chi connectivity index (χ2n) is 3.62. The molecule has 0 saturated carbocycles. The first-order valence-corrected chi connectivity index (χ1v) is 5.34. The lowest BCUT2D eigenvalue weighted by Gasteiger charge is -2.01. The third-order valence-corrected chi connectivity index (χ3v) is 2.33. The number of nitrogen functional groups attached to an aromatic ring is 1. The van der Waals surface area contributed by atoms with Crippen LogP contribution in [0.5, 0.6) is 0 Å². The average Bonchev–Trinajstić information content (AvgIpc) is 2.86. The Hall–Kier alpha value is -2.74. The summed E-state index contributed by atoms with van der Waals surface area (Å²) in [5.41, 5.74) is 7.43. The second kappa shape index (κ2) is 5.06. The molecular formula is C13H12N4O. The van der Waals surface area contributed by atoms with Crippen molar-refractivity contribution in [1.82, 2.24) is 15.1 Å². The summed E-state index contributed by atoms with van der Waals surface area (Å²) in [6.07, 6.45) is 6.77. The number of aromatic nitrogens is 2. The van der Waals surface area contributed by atoms with Gasteiger partial charge in [0.15, 0.2) is 5.69 Å². The molecule has 0 spiro atoms. The molecule has 0 saturated heterocycles. The van der Waals surface area contributed by atoms with Gasteiger partial charge in [-0.15, -0.1) is 6.42 Å². The van der Waals surface area contributed by atoms with E-state index in [1.807, 2.05) is 12.1 Å². The van der Waals surface area contributed by atoms with E-state index in [1.165, 1.54) is 0 Å². The van der Waals surface area contributed by atoms with Gasteiger partial charge in [0, 0.05) is 11.9 Å². The maximum atomic E-state index is 11.6. The fraction of sp³-hybridized carbons (Fsp3) is 0.0769. The van der Waals surface area contributed by atoms with Gasteiger partial charge in [-0.1, -0.05) is 5.92 Å². The molecule has 0 aliphatic rings. The van der Waals surface area contributed by atoms with Crippen molar-refractivity contribution in [2.45, 2.75) is 0 Å². The van der Waals surface area contributed by atoms with Crippen molar-refractivity contribution in [3.63, 3.8) is 0 Å². The molecule has 5 nitrogen and oxygen atoms in total. The van der Waals surface area contributed by atoms with E-state index in [0.717, 1.165) is 5.69 Å². The summed E-state index contributed by atoms with van der Waals surface area (Å²) in [7, 11) is 0. The number of carbonyl (C=O) groups excluding carboxylic acids is 1. The van der Waals surface area contributed by atoms with Crippen LogP contribution in [0.4, 0.5) is 5.69 Å². The lowest BCUT2D eigenvalue weighted by atomic mass is 10.3. The molecule has 1 aromatic heterocycles. The maximum Gasteiger partial charge on any atom is 0.272 e. The molecule has 1 aromatic carbocycles. The first-order chi connectivity index (χ1) is 8.70. The number of hydrogen-bond donors (Lipinski definition) is 2. The normalized spacial score (nSPS) is 9.72. The van der Waals surface area contributed by atoms with Crippen molar-refractivity contribution in [2.75, 3.05) is 12.3 Å². The number of nitrogens with two attached hydrogens (primary N) is 1. The van der Waals surface area contributed by atoms with E-state index < -0.39 is 0 Å². The van der Waals surface area contributed by atoms with E-state index in [9.17, 15) is 4.79 Å².